The number of nitrogens with zero attached hydrogens (tertiary/aromatic N) is 2. The molecular formula is C22H27F2N3O3S. The standard InChI is InChI=1S/C22H27F2N3O3S/c1-17-4-2-5-19(16-17)27-14-12-26(13-15-27)11-3-10-25-21(28)18-6-8-20(9-7-18)31(29,30)22(23)24/h2,4-9,16,22H,3,10-15H2,1H3,(H,25,28). The minimum absolute atomic E-state index is 0.236. The van der Waals surface area contributed by atoms with E-state index in [-0.39, 0.29) is 11.5 Å². The summed E-state index contributed by atoms with van der Waals surface area (Å²) < 4.78 is 48.0. The highest BCUT2D eigenvalue weighted by Gasteiger charge is 2.26. The molecule has 0 unspecified atom stereocenters. The van der Waals surface area contributed by atoms with E-state index in [1.165, 1.54) is 23.4 Å². The molecule has 0 radical (unpaired) electrons. The van der Waals surface area contributed by atoms with Crippen LogP contribution >= 0.6 is 0 Å². The first kappa shape index (κ1) is 23.1. The number of sulfone groups is 1. The van der Waals surface area contributed by atoms with E-state index in [1.807, 2.05) is 0 Å². The van der Waals surface area contributed by atoms with E-state index in [0.29, 0.717) is 6.54 Å². The number of piperazine rings is 1. The second kappa shape index (κ2) is 10.2. The van der Waals surface area contributed by atoms with Crippen molar-refractivity contribution in [2.45, 2.75) is 24.0 Å². The Kier molecular flexibility index (Phi) is 7.61. The molecule has 1 N–H and O–H groups in total. The lowest BCUT2D eigenvalue weighted by Crippen LogP contribution is -2.47. The van der Waals surface area contributed by atoms with Crippen molar-refractivity contribution < 1.29 is 22.0 Å². The lowest BCUT2D eigenvalue weighted by atomic mass is 10.2. The highest BCUT2D eigenvalue weighted by Crippen LogP contribution is 2.19. The third kappa shape index (κ3) is 6.01. The molecule has 0 aliphatic carbocycles. The highest BCUT2D eigenvalue weighted by atomic mass is 32.2. The molecule has 1 amide bonds. The average Bonchev–Trinajstić information content (AvgIpc) is 2.77. The van der Waals surface area contributed by atoms with Crippen molar-refractivity contribution in [1.29, 1.82) is 0 Å². The molecule has 168 valence electrons. The number of benzene rings is 2. The number of alkyl halides is 2. The Hall–Kier alpha value is -2.52. The zero-order chi connectivity index (χ0) is 22.4. The van der Waals surface area contributed by atoms with E-state index >= 15 is 0 Å². The van der Waals surface area contributed by atoms with Crippen LogP contribution in [-0.4, -0.2) is 64.3 Å². The van der Waals surface area contributed by atoms with Gasteiger partial charge < -0.3 is 10.2 Å². The van der Waals surface area contributed by atoms with E-state index in [2.05, 4.69) is 46.3 Å². The molecule has 6 nitrogen and oxygen atoms in total. The predicted octanol–water partition coefficient (Wildman–Crippen LogP) is 2.93. The van der Waals surface area contributed by atoms with Crippen LogP contribution in [0.4, 0.5) is 14.5 Å². The summed E-state index contributed by atoms with van der Waals surface area (Å²) in [5.41, 5.74) is 2.74. The number of carbonyl (C=O) groups excluding carboxylic acids is 1. The summed E-state index contributed by atoms with van der Waals surface area (Å²) in [7, 11) is -4.65. The number of rotatable bonds is 8. The van der Waals surface area contributed by atoms with E-state index in [0.717, 1.165) is 51.3 Å². The normalized spacial score (nSPS) is 15.3. The Morgan fingerprint density at radius 1 is 1.06 bits per heavy atom. The Morgan fingerprint density at radius 2 is 1.74 bits per heavy atom. The molecule has 9 heteroatoms. The molecule has 31 heavy (non-hydrogen) atoms. The van der Waals surface area contributed by atoms with Gasteiger partial charge in [-0.1, -0.05) is 12.1 Å². The number of nitrogens with one attached hydrogen (secondary N) is 1. The van der Waals surface area contributed by atoms with Crippen LogP contribution in [0.15, 0.2) is 53.4 Å². The fourth-order valence-corrected chi connectivity index (χ4v) is 4.28. The van der Waals surface area contributed by atoms with Gasteiger partial charge in [0.1, 0.15) is 0 Å². The van der Waals surface area contributed by atoms with Gasteiger partial charge in [0.15, 0.2) is 0 Å². The first-order valence-electron chi connectivity index (χ1n) is 10.2. The largest absolute Gasteiger partial charge is 0.369 e. The second-order valence-corrected chi connectivity index (χ2v) is 9.52. The molecule has 2 aromatic rings. The highest BCUT2D eigenvalue weighted by molar-refractivity contribution is 7.91. The van der Waals surface area contributed by atoms with Gasteiger partial charge in [-0.05, 0) is 61.9 Å². The number of aryl methyl sites for hydroxylation is 1. The molecule has 0 spiro atoms. The second-order valence-electron chi connectivity index (χ2n) is 7.61. The molecule has 0 aromatic heterocycles. The lowest BCUT2D eigenvalue weighted by Gasteiger charge is -2.36. The fraction of sp³-hybridized carbons (Fsp3) is 0.409. The predicted molar refractivity (Wildman–Crippen MR) is 116 cm³/mol. The number of hydrogen-bond donors (Lipinski definition) is 1. The molecule has 1 fully saturated rings. The molecule has 1 aliphatic rings. The molecule has 1 saturated heterocycles. The minimum atomic E-state index is -4.65. The van der Waals surface area contributed by atoms with Crippen LogP contribution in [0, 0.1) is 6.92 Å². The van der Waals surface area contributed by atoms with E-state index in [1.54, 1.807) is 0 Å². The van der Waals surface area contributed by atoms with Crippen LogP contribution in [-0.2, 0) is 9.84 Å². The monoisotopic (exact) mass is 451 g/mol. The Morgan fingerprint density at radius 3 is 2.35 bits per heavy atom. The third-order valence-electron chi connectivity index (χ3n) is 5.36. The number of carbonyl (C=O) groups is 1. The number of anilines is 1. The van der Waals surface area contributed by atoms with Gasteiger partial charge in [0.05, 0.1) is 4.90 Å². The summed E-state index contributed by atoms with van der Waals surface area (Å²) in [5.74, 6) is -3.84. The topological polar surface area (TPSA) is 69.7 Å². The van der Waals surface area contributed by atoms with Crippen molar-refractivity contribution in [3.63, 3.8) is 0 Å². The van der Waals surface area contributed by atoms with Gasteiger partial charge in [-0.2, -0.15) is 8.78 Å². The Bertz CT molecular complexity index is 989. The maximum atomic E-state index is 12.6. The van der Waals surface area contributed by atoms with Gasteiger partial charge in [-0.15, -0.1) is 0 Å². The lowest BCUT2D eigenvalue weighted by molar-refractivity contribution is 0.0951. The minimum Gasteiger partial charge on any atom is -0.369 e. The van der Waals surface area contributed by atoms with Gasteiger partial charge in [0.25, 0.3) is 5.91 Å². The fourth-order valence-electron chi connectivity index (χ4n) is 3.56. The van der Waals surface area contributed by atoms with Gasteiger partial charge in [-0.3, -0.25) is 9.69 Å². The number of amides is 1. The molecule has 1 heterocycles. The number of hydrogen-bond acceptors (Lipinski definition) is 5. The van der Waals surface area contributed by atoms with Crippen LogP contribution in [0.2, 0.25) is 0 Å². The molecule has 0 saturated carbocycles. The van der Waals surface area contributed by atoms with E-state index in [4.69, 9.17) is 0 Å². The molecule has 0 bridgehead atoms. The molecule has 3 rings (SSSR count). The third-order valence-corrected chi connectivity index (χ3v) is 6.75. The molecule has 2 aromatic carbocycles. The summed E-state index contributed by atoms with van der Waals surface area (Å²) in [6, 6.07) is 13.0. The maximum Gasteiger partial charge on any atom is 0.341 e. The van der Waals surface area contributed by atoms with E-state index < -0.39 is 20.5 Å². The Balaban J connectivity index is 1.39. The number of halogens is 2. The van der Waals surface area contributed by atoms with E-state index in [9.17, 15) is 22.0 Å². The van der Waals surface area contributed by atoms with Gasteiger partial charge in [0, 0.05) is 44.0 Å². The maximum absolute atomic E-state index is 12.6. The summed E-state index contributed by atoms with van der Waals surface area (Å²) >= 11 is 0. The van der Waals surface area contributed by atoms with Crippen LogP contribution < -0.4 is 10.2 Å². The van der Waals surface area contributed by atoms with Crippen LogP contribution in [0.5, 0.6) is 0 Å². The first-order chi connectivity index (χ1) is 14.8. The van der Waals surface area contributed by atoms with Crippen molar-refractivity contribution in [2.75, 3.05) is 44.2 Å². The van der Waals surface area contributed by atoms with Gasteiger partial charge in [0.2, 0.25) is 9.84 Å². The van der Waals surface area contributed by atoms with Gasteiger partial charge in [-0.25, -0.2) is 8.42 Å². The van der Waals surface area contributed by atoms with Crippen molar-refractivity contribution >= 4 is 21.4 Å². The summed E-state index contributed by atoms with van der Waals surface area (Å²) in [5, 5.41) is 2.79. The van der Waals surface area contributed by atoms with Crippen LogP contribution in [0.25, 0.3) is 0 Å². The van der Waals surface area contributed by atoms with Crippen LogP contribution in [0.1, 0.15) is 22.3 Å². The summed E-state index contributed by atoms with van der Waals surface area (Å²) in [4.78, 5) is 16.4. The van der Waals surface area contributed by atoms with Crippen LogP contribution in [0.3, 0.4) is 0 Å². The SMILES string of the molecule is Cc1cccc(N2CCN(CCCNC(=O)c3ccc(S(=O)(=O)C(F)F)cc3)CC2)c1. The Labute approximate surface area is 181 Å². The van der Waals surface area contributed by atoms with Crippen molar-refractivity contribution in [3.8, 4) is 0 Å². The van der Waals surface area contributed by atoms with Crippen molar-refractivity contribution in [2.24, 2.45) is 0 Å². The summed E-state index contributed by atoms with van der Waals surface area (Å²) in [6.45, 7) is 7.28. The molecular weight excluding hydrogens is 424 g/mol. The average molecular weight is 452 g/mol. The zero-order valence-corrected chi connectivity index (χ0v) is 18.2. The summed E-state index contributed by atoms with van der Waals surface area (Å²) in [6.07, 6.45) is 0.786. The quantitative estimate of drug-likeness (QED) is 0.625. The first-order valence-corrected chi connectivity index (χ1v) is 11.8. The zero-order valence-electron chi connectivity index (χ0n) is 17.4. The van der Waals surface area contributed by atoms with Gasteiger partial charge >= 0.3 is 5.76 Å². The van der Waals surface area contributed by atoms with Crippen molar-refractivity contribution in [3.05, 3.63) is 59.7 Å². The molecule has 1 aliphatic heterocycles. The smallest absolute Gasteiger partial charge is 0.341 e. The molecule has 0 atom stereocenters. The van der Waals surface area contributed by atoms with Crippen molar-refractivity contribution in [1.82, 2.24) is 10.2 Å².